The SMILES string of the molecule is CCCCCCN(CC(C)CC[C@@H](OCC)c1nc(C(=O)O)cs1)C(=O)[C@@H](NC(=O)[C@H]1CCCCN1CCNC(=O)OC(C)(C)C)[C@@H](C)CC. The first-order valence-corrected chi connectivity index (χ1v) is 19.7. The summed E-state index contributed by atoms with van der Waals surface area (Å²) in [7, 11) is 0. The van der Waals surface area contributed by atoms with E-state index in [0.717, 1.165) is 57.9 Å². The molecule has 286 valence electrons. The van der Waals surface area contributed by atoms with Crippen molar-refractivity contribution in [3.05, 3.63) is 16.1 Å². The van der Waals surface area contributed by atoms with Gasteiger partial charge >= 0.3 is 12.1 Å². The molecule has 0 spiro atoms. The van der Waals surface area contributed by atoms with E-state index in [1.54, 1.807) is 5.38 Å². The summed E-state index contributed by atoms with van der Waals surface area (Å²) in [5.41, 5.74) is -0.559. The number of aromatic nitrogens is 1. The second kappa shape index (κ2) is 22.2. The van der Waals surface area contributed by atoms with E-state index < -0.39 is 23.7 Å². The maximum absolute atomic E-state index is 14.4. The molecule has 0 aromatic carbocycles. The topological polar surface area (TPSA) is 150 Å². The molecular weight excluding hydrogens is 659 g/mol. The molecule has 2 heterocycles. The normalized spacial score (nSPS) is 17.7. The summed E-state index contributed by atoms with van der Waals surface area (Å²) >= 11 is 1.30. The van der Waals surface area contributed by atoms with Crippen LogP contribution in [-0.4, -0.2) is 101 Å². The number of nitrogens with one attached hydrogen (secondary N) is 2. The molecule has 2 rings (SSSR count). The number of amides is 3. The van der Waals surface area contributed by atoms with Crippen LogP contribution in [0.3, 0.4) is 0 Å². The molecular formula is C37H65N5O7S. The molecule has 50 heavy (non-hydrogen) atoms. The first-order chi connectivity index (χ1) is 23.7. The van der Waals surface area contributed by atoms with Crippen LogP contribution < -0.4 is 10.6 Å². The van der Waals surface area contributed by atoms with Gasteiger partial charge in [-0.15, -0.1) is 11.3 Å². The fraction of sp³-hybridized carbons (Fsp3) is 0.811. The Morgan fingerprint density at radius 2 is 1.84 bits per heavy atom. The van der Waals surface area contributed by atoms with Crippen molar-refractivity contribution in [2.75, 3.05) is 39.3 Å². The molecule has 0 radical (unpaired) electrons. The fourth-order valence-corrected chi connectivity index (χ4v) is 7.11. The molecule has 1 fully saturated rings. The molecule has 3 amide bonds. The third kappa shape index (κ3) is 15.2. The summed E-state index contributed by atoms with van der Waals surface area (Å²) in [5, 5.41) is 17.5. The number of likely N-dealkylation sites (tertiary alicyclic amines) is 1. The maximum Gasteiger partial charge on any atom is 0.407 e. The first kappa shape index (κ1) is 43.4. The molecule has 1 aromatic rings. The van der Waals surface area contributed by atoms with Crippen LogP contribution >= 0.6 is 11.3 Å². The number of rotatable bonds is 22. The summed E-state index contributed by atoms with van der Waals surface area (Å²) in [5.74, 6) is -1.14. The van der Waals surface area contributed by atoms with E-state index in [1.807, 2.05) is 46.4 Å². The van der Waals surface area contributed by atoms with Crippen LogP contribution in [0.5, 0.6) is 0 Å². The minimum atomic E-state index is -1.05. The number of aromatic carboxylic acids is 1. The predicted octanol–water partition coefficient (Wildman–Crippen LogP) is 6.65. The monoisotopic (exact) mass is 723 g/mol. The van der Waals surface area contributed by atoms with Gasteiger partial charge in [-0.2, -0.15) is 0 Å². The van der Waals surface area contributed by atoms with Gasteiger partial charge in [-0.25, -0.2) is 14.6 Å². The molecule has 3 N–H and O–H groups in total. The Morgan fingerprint density at radius 3 is 2.46 bits per heavy atom. The number of carbonyl (C=O) groups excluding carboxylic acids is 3. The minimum Gasteiger partial charge on any atom is -0.476 e. The van der Waals surface area contributed by atoms with Gasteiger partial charge in [0.05, 0.1) is 6.04 Å². The van der Waals surface area contributed by atoms with Crippen molar-refractivity contribution in [3.8, 4) is 0 Å². The Bertz CT molecular complexity index is 1190. The quantitative estimate of drug-likeness (QED) is 0.112. The number of ether oxygens (including phenoxy) is 2. The predicted molar refractivity (Wildman–Crippen MR) is 197 cm³/mol. The largest absolute Gasteiger partial charge is 0.476 e. The Labute approximate surface area is 304 Å². The fourth-order valence-electron chi connectivity index (χ4n) is 6.24. The lowest BCUT2D eigenvalue weighted by Gasteiger charge is -2.37. The second-order valence-corrected chi connectivity index (χ2v) is 15.6. The van der Waals surface area contributed by atoms with E-state index in [0.29, 0.717) is 50.6 Å². The van der Waals surface area contributed by atoms with Crippen molar-refractivity contribution in [1.29, 1.82) is 0 Å². The summed E-state index contributed by atoms with van der Waals surface area (Å²) in [4.78, 5) is 60.2. The number of hydrogen-bond donors (Lipinski definition) is 3. The smallest absolute Gasteiger partial charge is 0.407 e. The van der Waals surface area contributed by atoms with Crippen molar-refractivity contribution in [3.63, 3.8) is 0 Å². The van der Waals surface area contributed by atoms with Crippen LogP contribution in [0.2, 0.25) is 0 Å². The maximum atomic E-state index is 14.4. The molecule has 1 unspecified atom stereocenters. The average Bonchev–Trinajstić information content (AvgIpc) is 3.56. The number of piperidine rings is 1. The van der Waals surface area contributed by atoms with E-state index in [-0.39, 0.29) is 41.5 Å². The molecule has 1 aromatic heterocycles. The molecule has 1 saturated heterocycles. The highest BCUT2D eigenvalue weighted by atomic mass is 32.1. The van der Waals surface area contributed by atoms with Gasteiger partial charge < -0.3 is 30.1 Å². The molecule has 5 atom stereocenters. The number of alkyl carbamates (subject to hydrolysis) is 1. The van der Waals surface area contributed by atoms with Gasteiger partial charge in [0.25, 0.3) is 0 Å². The van der Waals surface area contributed by atoms with Gasteiger partial charge in [0.2, 0.25) is 11.8 Å². The van der Waals surface area contributed by atoms with Crippen molar-refractivity contribution in [2.24, 2.45) is 11.8 Å². The molecule has 1 aliphatic heterocycles. The Kier molecular flexibility index (Phi) is 19.3. The Morgan fingerprint density at radius 1 is 1.10 bits per heavy atom. The number of nitrogens with zero attached hydrogens (tertiary/aromatic N) is 3. The van der Waals surface area contributed by atoms with E-state index >= 15 is 0 Å². The van der Waals surface area contributed by atoms with E-state index in [9.17, 15) is 24.3 Å². The molecule has 1 aliphatic rings. The van der Waals surface area contributed by atoms with Crippen LogP contribution in [0.1, 0.15) is 141 Å². The number of thiazole rings is 1. The second-order valence-electron chi connectivity index (χ2n) is 14.7. The third-order valence-electron chi connectivity index (χ3n) is 9.19. The molecule has 0 aliphatic carbocycles. The molecule has 0 saturated carbocycles. The van der Waals surface area contributed by atoms with Gasteiger partial charge in [0.1, 0.15) is 22.8 Å². The highest BCUT2D eigenvalue weighted by molar-refractivity contribution is 7.09. The van der Waals surface area contributed by atoms with E-state index in [2.05, 4.69) is 34.4 Å². The van der Waals surface area contributed by atoms with Gasteiger partial charge in [-0.1, -0.05) is 59.8 Å². The van der Waals surface area contributed by atoms with Crippen LogP contribution in [0.25, 0.3) is 0 Å². The zero-order valence-corrected chi connectivity index (χ0v) is 32.7. The van der Waals surface area contributed by atoms with Gasteiger partial charge in [0, 0.05) is 38.2 Å². The lowest BCUT2D eigenvalue weighted by molar-refractivity contribution is -0.140. The molecule has 12 nitrogen and oxygen atoms in total. The number of carboxylic acid groups (broad SMARTS) is 1. The van der Waals surface area contributed by atoms with Crippen LogP contribution in [-0.2, 0) is 19.1 Å². The zero-order chi connectivity index (χ0) is 37.3. The average molecular weight is 724 g/mol. The number of carboxylic acids is 1. The van der Waals surface area contributed by atoms with Crippen molar-refractivity contribution in [2.45, 2.75) is 143 Å². The van der Waals surface area contributed by atoms with Crippen LogP contribution in [0.4, 0.5) is 4.79 Å². The van der Waals surface area contributed by atoms with Crippen molar-refractivity contribution < 1.29 is 33.8 Å². The van der Waals surface area contributed by atoms with Gasteiger partial charge in [-0.05, 0) is 78.2 Å². The van der Waals surface area contributed by atoms with Crippen LogP contribution in [0.15, 0.2) is 5.38 Å². The minimum absolute atomic E-state index is 0.0264. The van der Waals surface area contributed by atoms with Gasteiger partial charge in [-0.3, -0.25) is 14.5 Å². The van der Waals surface area contributed by atoms with Crippen LogP contribution in [0, 0.1) is 11.8 Å². The summed E-state index contributed by atoms with van der Waals surface area (Å²) in [6, 6.07) is -1.01. The first-order valence-electron chi connectivity index (χ1n) is 18.8. The standard InChI is InChI=1S/C37H65N5O7S/c1-9-12-13-15-22-42(24-26(4)18-19-30(48-11-3)33-39-28(25-50-33)35(45)46)34(44)31(27(5)10-2)40-32(43)29-17-14-16-21-41(29)23-20-38-36(47)49-37(6,7)8/h25-27,29-31H,9-24H2,1-8H3,(H,38,47)(H,40,43)(H,45,46)/t26?,27-,29+,30+,31-/m0/s1. The molecule has 13 heteroatoms. The van der Waals surface area contributed by atoms with Gasteiger partial charge in [0.15, 0.2) is 5.69 Å². The van der Waals surface area contributed by atoms with E-state index in [1.165, 1.54) is 11.3 Å². The zero-order valence-electron chi connectivity index (χ0n) is 31.9. The highest BCUT2D eigenvalue weighted by Gasteiger charge is 2.35. The Balaban J connectivity index is 2.14. The molecule has 0 bridgehead atoms. The number of hydrogen-bond acceptors (Lipinski definition) is 9. The number of unbranched alkanes of at least 4 members (excludes halogenated alkanes) is 3. The van der Waals surface area contributed by atoms with E-state index in [4.69, 9.17) is 9.47 Å². The number of carbonyl (C=O) groups is 4. The highest BCUT2D eigenvalue weighted by Crippen LogP contribution is 2.28. The van der Waals surface area contributed by atoms with Crippen molar-refractivity contribution in [1.82, 2.24) is 25.4 Å². The lowest BCUT2D eigenvalue weighted by Crippen LogP contribution is -2.58. The summed E-state index contributed by atoms with van der Waals surface area (Å²) < 4.78 is 11.3. The summed E-state index contributed by atoms with van der Waals surface area (Å²) in [6.07, 6.45) is 8.11. The Hall–Kier alpha value is -2.77. The third-order valence-corrected chi connectivity index (χ3v) is 10.1. The lowest BCUT2D eigenvalue weighted by atomic mass is 9.94. The van der Waals surface area contributed by atoms with Crippen molar-refractivity contribution >= 4 is 35.2 Å². The summed E-state index contributed by atoms with van der Waals surface area (Å²) in [6.45, 7) is 19.0.